The minimum atomic E-state index is -0.203. The number of aromatic amines is 1. The van der Waals surface area contributed by atoms with E-state index >= 15 is 0 Å². The van der Waals surface area contributed by atoms with Gasteiger partial charge in [0.2, 0.25) is 5.95 Å². The fourth-order valence-corrected chi connectivity index (χ4v) is 3.19. The fourth-order valence-electron chi connectivity index (χ4n) is 3.19. The molecule has 3 aromatic rings. The van der Waals surface area contributed by atoms with Crippen LogP contribution in [0, 0.1) is 0 Å². The number of ether oxygens (including phenoxy) is 1. The Bertz CT molecular complexity index is 952. The third kappa shape index (κ3) is 3.22. The lowest BCUT2D eigenvalue weighted by molar-refractivity contribution is 0.122. The first kappa shape index (κ1) is 16.8. The summed E-state index contributed by atoms with van der Waals surface area (Å²) < 4.78 is 7.30. The van der Waals surface area contributed by atoms with E-state index in [1.807, 2.05) is 9.47 Å². The number of benzene rings is 1. The van der Waals surface area contributed by atoms with Crippen LogP contribution < -0.4 is 10.5 Å². The van der Waals surface area contributed by atoms with Gasteiger partial charge in [-0.3, -0.25) is 9.78 Å². The van der Waals surface area contributed by atoms with Crippen molar-refractivity contribution in [1.82, 2.24) is 19.5 Å². The molecule has 1 aromatic carbocycles. The van der Waals surface area contributed by atoms with Gasteiger partial charge in [0, 0.05) is 13.1 Å². The van der Waals surface area contributed by atoms with Crippen LogP contribution in [-0.2, 0) is 11.3 Å². The van der Waals surface area contributed by atoms with Crippen molar-refractivity contribution in [3.63, 3.8) is 0 Å². The minimum Gasteiger partial charge on any atom is -0.378 e. The zero-order valence-electron chi connectivity index (χ0n) is 15.1. The van der Waals surface area contributed by atoms with E-state index in [9.17, 15) is 4.79 Å². The van der Waals surface area contributed by atoms with E-state index in [2.05, 4.69) is 53.1 Å². The van der Waals surface area contributed by atoms with Crippen LogP contribution in [0.25, 0.3) is 11.2 Å². The van der Waals surface area contributed by atoms with Crippen molar-refractivity contribution in [3.8, 4) is 0 Å². The van der Waals surface area contributed by atoms with Crippen LogP contribution in [0.5, 0.6) is 0 Å². The lowest BCUT2D eigenvalue weighted by atomic mass is 10.0. The van der Waals surface area contributed by atoms with Crippen LogP contribution in [-0.4, -0.2) is 45.8 Å². The molecule has 0 aliphatic carbocycles. The van der Waals surface area contributed by atoms with Gasteiger partial charge in [0.25, 0.3) is 5.56 Å². The lowest BCUT2D eigenvalue weighted by Gasteiger charge is -2.27. The van der Waals surface area contributed by atoms with Gasteiger partial charge in [-0.15, -0.1) is 0 Å². The first-order valence-corrected chi connectivity index (χ1v) is 8.98. The number of hydrogen-bond donors (Lipinski definition) is 1. The van der Waals surface area contributed by atoms with Crippen molar-refractivity contribution in [2.75, 3.05) is 31.2 Å². The molecule has 0 atom stereocenters. The van der Waals surface area contributed by atoms with Crippen molar-refractivity contribution in [2.45, 2.75) is 26.3 Å². The van der Waals surface area contributed by atoms with E-state index in [1.165, 1.54) is 5.56 Å². The number of nitrogens with one attached hydrogen (secondary N) is 1. The van der Waals surface area contributed by atoms with Gasteiger partial charge in [0.05, 0.1) is 26.1 Å². The molecule has 1 saturated heterocycles. The van der Waals surface area contributed by atoms with Crippen LogP contribution in [0.4, 0.5) is 5.95 Å². The highest BCUT2D eigenvalue weighted by Gasteiger charge is 2.17. The molecule has 7 nitrogen and oxygen atoms in total. The Balaban J connectivity index is 1.66. The van der Waals surface area contributed by atoms with Gasteiger partial charge in [0.15, 0.2) is 11.2 Å². The van der Waals surface area contributed by atoms with E-state index in [1.54, 1.807) is 6.33 Å². The van der Waals surface area contributed by atoms with E-state index in [-0.39, 0.29) is 5.56 Å². The number of imidazole rings is 1. The zero-order chi connectivity index (χ0) is 18.1. The largest absolute Gasteiger partial charge is 0.378 e. The van der Waals surface area contributed by atoms with Crippen LogP contribution in [0.1, 0.15) is 30.9 Å². The molecule has 26 heavy (non-hydrogen) atoms. The van der Waals surface area contributed by atoms with Crippen LogP contribution >= 0.6 is 0 Å². The number of anilines is 1. The number of morpholine rings is 1. The molecule has 0 bridgehead atoms. The summed E-state index contributed by atoms with van der Waals surface area (Å²) in [6, 6.07) is 8.55. The molecule has 3 heterocycles. The molecule has 1 N–H and O–H groups in total. The average Bonchev–Trinajstić information content (AvgIpc) is 3.06. The second-order valence-electron chi connectivity index (χ2n) is 6.93. The van der Waals surface area contributed by atoms with Gasteiger partial charge in [-0.1, -0.05) is 38.1 Å². The topological polar surface area (TPSA) is 76.0 Å². The van der Waals surface area contributed by atoms with Crippen molar-refractivity contribution < 1.29 is 4.74 Å². The Labute approximate surface area is 151 Å². The summed E-state index contributed by atoms with van der Waals surface area (Å²) in [5, 5.41) is 0. The SMILES string of the molecule is CC(C)c1ccc(Cn2cnc3c(=O)[nH]c(N4CCOCC4)nc32)cc1. The van der Waals surface area contributed by atoms with E-state index < -0.39 is 0 Å². The highest BCUT2D eigenvalue weighted by molar-refractivity contribution is 5.71. The van der Waals surface area contributed by atoms with E-state index in [0.29, 0.717) is 42.8 Å². The summed E-state index contributed by atoms with van der Waals surface area (Å²) in [5.74, 6) is 1.09. The molecular formula is C19H23N5O2. The maximum atomic E-state index is 12.4. The summed E-state index contributed by atoms with van der Waals surface area (Å²) in [5.41, 5.74) is 3.26. The number of hydrogen-bond acceptors (Lipinski definition) is 5. The fraction of sp³-hybridized carbons (Fsp3) is 0.421. The first-order chi connectivity index (χ1) is 12.6. The number of nitrogens with zero attached hydrogens (tertiary/aromatic N) is 4. The summed E-state index contributed by atoms with van der Waals surface area (Å²) in [4.78, 5) is 26.2. The molecule has 1 aliphatic rings. The third-order valence-corrected chi connectivity index (χ3v) is 4.77. The minimum absolute atomic E-state index is 0.203. The van der Waals surface area contributed by atoms with Crippen molar-refractivity contribution >= 4 is 17.1 Å². The molecule has 7 heteroatoms. The normalized spacial score (nSPS) is 15.1. The summed E-state index contributed by atoms with van der Waals surface area (Å²) >= 11 is 0. The molecule has 136 valence electrons. The Hall–Kier alpha value is -2.67. The Morgan fingerprint density at radius 3 is 2.62 bits per heavy atom. The predicted octanol–water partition coefficient (Wildman–Crippen LogP) is 2.13. The summed E-state index contributed by atoms with van der Waals surface area (Å²) in [6.45, 7) is 7.72. The number of rotatable bonds is 4. The molecule has 2 aromatic heterocycles. The smallest absolute Gasteiger partial charge is 0.280 e. The van der Waals surface area contributed by atoms with Gasteiger partial charge < -0.3 is 14.2 Å². The van der Waals surface area contributed by atoms with E-state index in [0.717, 1.165) is 18.7 Å². The molecule has 0 saturated carbocycles. The molecular weight excluding hydrogens is 330 g/mol. The Morgan fingerprint density at radius 2 is 1.92 bits per heavy atom. The molecule has 1 fully saturated rings. The summed E-state index contributed by atoms with van der Waals surface area (Å²) in [6.07, 6.45) is 1.69. The van der Waals surface area contributed by atoms with Crippen molar-refractivity contribution in [1.29, 1.82) is 0 Å². The Kier molecular flexibility index (Phi) is 4.46. The quantitative estimate of drug-likeness (QED) is 0.778. The second-order valence-corrected chi connectivity index (χ2v) is 6.93. The molecule has 0 unspecified atom stereocenters. The van der Waals surface area contributed by atoms with Crippen LogP contribution in [0.15, 0.2) is 35.4 Å². The maximum absolute atomic E-state index is 12.4. The average molecular weight is 353 g/mol. The highest BCUT2D eigenvalue weighted by Crippen LogP contribution is 2.17. The lowest BCUT2D eigenvalue weighted by Crippen LogP contribution is -2.38. The predicted molar refractivity (Wildman–Crippen MR) is 101 cm³/mol. The molecule has 0 radical (unpaired) electrons. The van der Waals surface area contributed by atoms with Gasteiger partial charge in [-0.05, 0) is 17.0 Å². The molecule has 0 spiro atoms. The van der Waals surface area contributed by atoms with Gasteiger partial charge in [0.1, 0.15) is 0 Å². The maximum Gasteiger partial charge on any atom is 0.280 e. The zero-order valence-corrected chi connectivity index (χ0v) is 15.1. The third-order valence-electron chi connectivity index (χ3n) is 4.77. The van der Waals surface area contributed by atoms with E-state index in [4.69, 9.17) is 4.74 Å². The number of fused-ring (bicyclic) bond motifs is 1. The number of H-pyrrole nitrogens is 1. The van der Waals surface area contributed by atoms with Crippen molar-refractivity contribution in [3.05, 3.63) is 52.1 Å². The van der Waals surface area contributed by atoms with Gasteiger partial charge >= 0.3 is 0 Å². The van der Waals surface area contributed by atoms with Crippen LogP contribution in [0.3, 0.4) is 0 Å². The first-order valence-electron chi connectivity index (χ1n) is 8.98. The Morgan fingerprint density at radius 1 is 1.19 bits per heavy atom. The molecule has 0 amide bonds. The monoisotopic (exact) mass is 353 g/mol. The molecule has 1 aliphatic heterocycles. The standard InChI is InChI=1S/C19H23N5O2/c1-13(2)15-5-3-14(4-6-15)11-24-12-20-16-17(24)21-19(22-18(16)25)23-7-9-26-10-8-23/h3-6,12-13H,7-11H2,1-2H3,(H,21,22,25). The highest BCUT2D eigenvalue weighted by atomic mass is 16.5. The van der Waals surface area contributed by atoms with Gasteiger partial charge in [-0.2, -0.15) is 4.98 Å². The van der Waals surface area contributed by atoms with Gasteiger partial charge in [-0.25, -0.2) is 4.98 Å². The number of aromatic nitrogens is 4. The van der Waals surface area contributed by atoms with Crippen molar-refractivity contribution in [2.24, 2.45) is 0 Å². The summed E-state index contributed by atoms with van der Waals surface area (Å²) in [7, 11) is 0. The molecule has 4 rings (SSSR count). The second kappa shape index (κ2) is 6.92. The van der Waals surface area contributed by atoms with Crippen LogP contribution in [0.2, 0.25) is 0 Å².